The van der Waals surface area contributed by atoms with Gasteiger partial charge >= 0.3 is 12.1 Å². The predicted octanol–water partition coefficient (Wildman–Crippen LogP) is 1.71. The number of carbonyl (C=O) groups excluding carboxylic acids is 1. The SMILES string of the molecule is C=CCOC(=O)NC(C(=O)O)C1CC=CCC1. The molecule has 2 unspecified atom stereocenters. The van der Waals surface area contributed by atoms with Crippen LogP contribution in [-0.4, -0.2) is 29.8 Å². The van der Waals surface area contributed by atoms with E-state index in [4.69, 9.17) is 9.84 Å². The summed E-state index contributed by atoms with van der Waals surface area (Å²) in [5.41, 5.74) is 0. The molecule has 0 aromatic rings. The summed E-state index contributed by atoms with van der Waals surface area (Å²) in [6, 6.07) is -0.891. The van der Waals surface area contributed by atoms with Crippen molar-refractivity contribution in [3.63, 3.8) is 0 Å². The van der Waals surface area contributed by atoms with Crippen molar-refractivity contribution in [3.05, 3.63) is 24.8 Å². The number of rotatable bonds is 5. The van der Waals surface area contributed by atoms with Gasteiger partial charge in [0.2, 0.25) is 0 Å². The van der Waals surface area contributed by atoms with Crippen LogP contribution in [0.25, 0.3) is 0 Å². The van der Waals surface area contributed by atoms with Gasteiger partial charge in [0.15, 0.2) is 0 Å². The Labute approximate surface area is 100 Å². The molecular formula is C12H17NO4. The number of carboxylic acids is 1. The Morgan fingerprint density at radius 2 is 2.35 bits per heavy atom. The van der Waals surface area contributed by atoms with E-state index in [9.17, 15) is 9.59 Å². The fraction of sp³-hybridized carbons (Fsp3) is 0.500. The van der Waals surface area contributed by atoms with Crippen LogP contribution in [0.4, 0.5) is 4.79 Å². The van der Waals surface area contributed by atoms with Gasteiger partial charge in [0, 0.05) is 0 Å². The molecule has 2 N–H and O–H groups in total. The van der Waals surface area contributed by atoms with Crippen LogP contribution >= 0.6 is 0 Å². The van der Waals surface area contributed by atoms with Gasteiger partial charge in [0.1, 0.15) is 12.6 Å². The van der Waals surface area contributed by atoms with Crippen molar-refractivity contribution in [1.29, 1.82) is 0 Å². The third-order valence-corrected chi connectivity index (χ3v) is 2.65. The third kappa shape index (κ3) is 4.30. The molecule has 0 aromatic carbocycles. The minimum atomic E-state index is -1.03. The standard InChI is InChI=1S/C12H17NO4/c1-2-8-17-12(16)13-10(11(14)15)9-6-4-3-5-7-9/h2-4,9-10H,1,5-8H2,(H,13,16)(H,14,15). The van der Waals surface area contributed by atoms with Gasteiger partial charge in [-0.2, -0.15) is 0 Å². The molecule has 1 aliphatic carbocycles. The lowest BCUT2D eigenvalue weighted by molar-refractivity contribution is -0.140. The summed E-state index contributed by atoms with van der Waals surface area (Å²) < 4.78 is 4.71. The van der Waals surface area contributed by atoms with Gasteiger partial charge in [-0.3, -0.25) is 0 Å². The Balaban J connectivity index is 2.53. The number of carboxylic acid groups (broad SMARTS) is 1. The largest absolute Gasteiger partial charge is 0.480 e. The van der Waals surface area contributed by atoms with E-state index in [1.54, 1.807) is 0 Å². The molecular weight excluding hydrogens is 222 g/mol. The van der Waals surface area contributed by atoms with Gasteiger partial charge in [-0.25, -0.2) is 9.59 Å². The van der Waals surface area contributed by atoms with Crippen LogP contribution in [0, 0.1) is 5.92 Å². The van der Waals surface area contributed by atoms with Gasteiger partial charge in [-0.15, -0.1) is 0 Å². The Morgan fingerprint density at radius 1 is 1.59 bits per heavy atom. The number of nitrogens with one attached hydrogen (secondary N) is 1. The van der Waals surface area contributed by atoms with Crippen LogP contribution in [0.1, 0.15) is 19.3 Å². The predicted molar refractivity (Wildman–Crippen MR) is 62.6 cm³/mol. The number of amides is 1. The zero-order chi connectivity index (χ0) is 12.7. The molecule has 0 aromatic heterocycles. The van der Waals surface area contributed by atoms with Gasteiger partial charge in [0.25, 0.3) is 0 Å². The molecule has 1 amide bonds. The summed E-state index contributed by atoms with van der Waals surface area (Å²) in [5, 5.41) is 11.5. The van der Waals surface area contributed by atoms with Gasteiger partial charge in [-0.05, 0) is 25.2 Å². The van der Waals surface area contributed by atoms with Crippen LogP contribution in [0.15, 0.2) is 24.8 Å². The van der Waals surface area contributed by atoms with E-state index in [2.05, 4.69) is 11.9 Å². The molecule has 0 radical (unpaired) electrons. The normalized spacial score (nSPS) is 20.4. The molecule has 0 spiro atoms. The lowest BCUT2D eigenvalue weighted by Gasteiger charge is -2.25. The maximum atomic E-state index is 11.3. The van der Waals surface area contributed by atoms with E-state index in [-0.39, 0.29) is 12.5 Å². The average Bonchev–Trinajstić information content (AvgIpc) is 2.34. The lowest BCUT2D eigenvalue weighted by atomic mass is 9.88. The second kappa shape index (κ2) is 6.73. The van der Waals surface area contributed by atoms with Crippen molar-refractivity contribution < 1.29 is 19.4 Å². The summed E-state index contributed by atoms with van der Waals surface area (Å²) >= 11 is 0. The van der Waals surface area contributed by atoms with Gasteiger partial charge < -0.3 is 15.2 Å². The highest BCUT2D eigenvalue weighted by Crippen LogP contribution is 2.22. The van der Waals surface area contributed by atoms with E-state index in [1.807, 2.05) is 12.2 Å². The Morgan fingerprint density at radius 3 is 2.88 bits per heavy atom. The van der Waals surface area contributed by atoms with Crippen molar-refractivity contribution >= 4 is 12.1 Å². The van der Waals surface area contributed by atoms with Crippen LogP contribution in [0.5, 0.6) is 0 Å². The van der Waals surface area contributed by atoms with Gasteiger partial charge in [-0.1, -0.05) is 24.8 Å². The van der Waals surface area contributed by atoms with E-state index >= 15 is 0 Å². The summed E-state index contributed by atoms with van der Waals surface area (Å²) in [4.78, 5) is 22.4. The summed E-state index contributed by atoms with van der Waals surface area (Å²) in [7, 11) is 0. The van der Waals surface area contributed by atoms with E-state index < -0.39 is 18.1 Å². The molecule has 0 saturated heterocycles. The van der Waals surface area contributed by atoms with Gasteiger partial charge in [0.05, 0.1) is 0 Å². The molecule has 0 heterocycles. The fourth-order valence-corrected chi connectivity index (χ4v) is 1.80. The summed E-state index contributed by atoms with van der Waals surface area (Å²) in [6.07, 6.45) is 6.95. The minimum absolute atomic E-state index is 0.0722. The fourth-order valence-electron chi connectivity index (χ4n) is 1.80. The van der Waals surface area contributed by atoms with E-state index in [0.29, 0.717) is 6.42 Å². The number of ether oxygens (including phenoxy) is 1. The van der Waals surface area contributed by atoms with Crippen molar-refractivity contribution in [3.8, 4) is 0 Å². The van der Waals surface area contributed by atoms with Crippen LogP contribution in [0.3, 0.4) is 0 Å². The van der Waals surface area contributed by atoms with Crippen molar-refractivity contribution in [2.45, 2.75) is 25.3 Å². The topological polar surface area (TPSA) is 75.6 Å². The zero-order valence-electron chi connectivity index (χ0n) is 9.59. The quantitative estimate of drug-likeness (QED) is 0.716. The van der Waals surface area contributed by atoms with Crippen LogP contribution in [0.2, 0.25) is 0 Å². The number of hydrogen-bond donors (Lipinski definition) is 2. The highest BCUT2D eigenvalue weighted by atomic mass is 16.5. The Bertz CT molecular complexity index is 324. The number of carbonyl (C=O) groups is 2. The molecule has 5 heteroatoms. The zero-order valence-corrected chi connectivity index (χ0v) is 9.59. The number of hydrogen-bond acceptors (Lipinski definition) is 3. The highest BCUT2D eigenvalue weighted by molar-refractivity contribution is 5.80. The first-order valence-electron chi connectivity index (χ1n) is 5.57. The van der Waals surface area contributed by atoms with Crippen LogP contribution < -0.4 is 5.32 Å². The molecule has 0 bridgehead atoms. The van der Waals surface area contributed by atoms with E-state index in [1.165, 1.54) is 6.08 Å². The van der Waals surface area contributed by atoms with Crippen molar-refractivity contribution in [1.82, 2.24) is 5.32 Å². The number of aliphatic carboxylic acids is 1. The molecule has 17 heavy (non-hydrogen) atoms. The molecule has 94 valence electrons. The first kappa shape index (κ1) is 13.3. The second-order valence-corrected chi connectivity index (χ2v) is 3.89. The average molecular weight is 239 g/mol. The maximum Gasteiger partial charge on any atom is 0.408 e. The summed E-state index contributed by atoms with van der Waals surface area (Å²) in [5.74, 6) is -1.10. The maximum absolute atomic E-state index is 11.3. The molecule has 0 saturated carbocycles. The van der Waals surface area contributed by atoms with E-state index in [0.717, 1.165) is 12.8 Å². The lowest BCUT2D eigenvalue weighted by Crippen LogP contribution is -2.46. The first-order chi connectivity index (χ1) is 8.15. The molecule has 2 atom stereocenters. The first-order valence-corrected chi connectivity index (χ1v) is 5.57. The molecule has 0 fully saturated rings. The molecule has 5 nitrogen and oxygen atoms in total. The monoisotopic (exact) mass is 239 g/mol. The van der Waals surface area contributed by atoms with Crippen LogP contribution in [-0.2, 0) is 9.53 Å². The minimum Gasteiger partial charge on any atom is -0.480 e. The summed E-state index contributed by atoms with van der Waals surface area (Å²) in [6.45, 7) is 3.48. The molecule has 0 aliphatic heterocycles. The van der Waals surface area contributed by atoms with Crippen molar-refractivity contribution in [2.75, 3.05) is 6.61 Å². The van der Waals surface area contributed by atoms with Crippen molar-refractivity contribution in [2.24, 2.45) is 5.92 Å². The number of allylic oxidation sites excluding steroid dienone is 2. The molecule has 1 aliphatic rings. The highest BCUT2D eigenvalue weighted by Gasteiger charge is 2.29. The third-order valence-electron chi connectivity index (χ3n) is 2.65. The second-order valence-electron chi connectivity index (χ2n) is 3.89. The molecule has 1 rings (SSSR count). The smallest absolute Gasteiger partial charge is 0.408 e. The number of alkyl carbamates (subject to hydrolysis) is 1. The Hall–Kier alpha value is -1.78. The Kier molecular flexibility index (Phi) is 5.26.